The molecule has 1 amide bonds. The van der Waals surface area contributed by atoms with Crippen LogP contribution in [-0.2, 0) is 11.3 Å². The van der Waals surface area contributed by atoms with E-state index < -0.39 is 0 Å². The van der Waals surface area contributed by atoms with Crippen molar-refractivity contribution in [3.8, 4) is 5.75 Å². The van der Waals surface area contributed by atoms with Crippen LogP contribution in [0.1, 0.15) is 16.8 Å². The molecular weight excluding hydrogens is 426 g/mol. The Bertz CT molecular complexity index is 1190. The van der Waals surface area contributed by atoms with Crippen LogP contribution in [0.4, 0.5) is 5.13 Å². The summed E-state index contributed by atoms with van der Waals surface area (Å²) in [4.78, 5) is 25.3. The molecule has 0 aliphatic carbocycles. The Hall–Kier alpha value is -2.90. The first kappa shape index (κ1) is 21.3. The van der Waals surface area contributed by atoms with E-state index in [2.05, 4.69) is 24.0 Å². The second kappa shape index (κ2) is 9.49. The summed E-state index contributed by atoms with van der Waals surface area (Å²) >= 11 is 3.04. The Labute approximate surface area is 190 Å². The molecule has 0 aliphatic heterocycles. The van der Waals surface area contributed by atoms with Crippen LogP contribution in [0, 0.1) is 13.8 Å². The number of ether oxygens (including phenoxy) is 1. The molecule has 4 rings (SSSR count). The zero-order valence-corrected chi connectivity index (χ0v) is 19.3. The lowest BCUT2D eigenvalue weighted by Gasteiger charge is -2.19. The SMILES string of the molecule is COc1ccc(C)c2sc(N(Cc3ccccn3)C(=O)CSc3ccc(C)cc3)nc12. The standard InChI is InChI=1S/C24H23N3O2S2/c1-16-7-10-19(11-8-16)30-15-21(28)27(14-18-6-4-5-13-25-18)24-26-22-20(29-3)12-9-17(2)23(22)31-24/h4-13H,14-15H2,1-3H3. The summed E-state index contributed by atoms with van der Waals surface area (Å²) in [6.45, 7) is 4.47. The highest BCUT2D eigenvalue weighted by Crippen LogP contribution is 2.37. The number of amides is 1. The lowest BCUT2D eigenvalue weighted by molar-refractivity contribution is -0.116. The van der Waals surface area contributed by atoms with Gasteiger partial charge in [-0.05, 0) is 49.7 Å². The third-order valence-corrected chi connectivity index (χ3v) is 7.08. The third-order valence-electron chi connectivity index (χ3n) is 4.87. The molecule has 7 heteroatoms. The fourth-order valence-electron chi connectivity index (χ4n) is 3.15. The number of pyridine rings is 1. The van der Waals surface area contributed by atoms with Gasteiger partial charge in [0, 0.05) is 11.1 Å². The second-order valence-electron chi connectivity index (χ2n) is 7.16. The van der Waals surface area contributed by atoms with E-state index in [9.17, 15) is 4.79 Å². The van der Waals surface area contributed by atoms with Crippen molar-refractivity contribution < 1.29 is 9.53 Å². The largest absolute Gasteiger partial charge is 0.494 e. The van der Waals surface area contributed by atoms with Gasteiger partial charge in [0.1, 0.15) is 11.3 Å². The normalized spacial score (nSPS) is 10.9. The van der Waals surface area contributed by atoms with Gasteiger partial charge in [-0.2, -0.15) is 0 Å². The number of hydrogen-bond donors (Lipinski definition) is 0. The number of thiazole rings is 1. The summed E-state index contributed by atoms with van der Waals surface area (Å²) < 4.78 is 6.52. The fraction of sp³-hybridized carbons (Fsp3) is 0.208. The summed E-state index contributed by atoms with van der Waals surface area (Å²) in [6, 6.07) is 17.9. The van der Waals surface area contributed by atoms with Crippen molar-refractivity contribution in [2.45, 2.75) is 25.3 Å². The van der Waals surface area contributed by atoms with Gasteiger partial charge >= 0.3 is 0 Å². The number of carbonyl (C=O) groups is 1. The van der Waals surface area contributed by atoms with Crippen molar-refractivity contribution >= 4 is 44.4 Å². The van der Waals surface area contributed by atoms with Gasteiger partial charge in [0.15, 0.2) is 5.13 Å². The number of benzene rings is 2. The molecular formula is C24H23N3O2S2. The minimum Gasteiger partial charge on any atom is -0.494 e. The molecule has 0 aliphatic rings. The number of hydrogen-bond acceptors (Lipinski definition) is 6. The molecule has 0 unspecified atom stereocenters. The Morgan fingerprint density at radius 2 is 1.90 bits per heavy atom. The molecule has 158 valence electrons. The van der Waals surface area contributed by atoms with Gasteiger partial charge in [-0.3, -0.25) is 14.7 Å². The Balaban J connectivity index is 1.65. The van der Waals surface area contributed by atoms with Gasteiger partial charge in [0.25, 0.3) is 0 Å². The van der Waals surface area contributed by atoms with Gasteiger partial charge in [0.05, 0.1) is 29.8 Å². The summed E-state index contributed by atoms with van der Waals surface area (Å²) in [5.41, 5.74) is 3.91. The molecule has 2 aromatic heterocycles. The predicted octanol–water partition coefficient (Wildman–Crippen LogP) is 5.64. The number of aryl methyl sites for hydroxylation is 2. The molecule has 0 bridgehead atoms. The number of rotatable bonds is 7. The molecule has 0 N–H and O–H groups in total. The van der Waals surface area contributed by atoms with Gasteiger partial charge in [-0.1, -0.05) is 41.2 Å². The van der Waals surface area contributed by atoms with E-state index in [0.717, 1.165) is 26.4 Å². The van der Waals surface area contributed by atoms with Gasteiger partial charge in [-0.15, -0.1) is 11.8 Å². The molecule has 2 aromatic carbocycles. The first-order valence-corrected chi connectivity index (χ1v) is 11.7. The summed E-state index contributed by atoms with van der Waals surface area (Å²) in [7, 11) is 1.64. The van der Waals surface area contributed by atoms with Crippen LogP contribution >= 0.6 is 23.1 Å². The third kappa shape index (κ3) is 4.89. The lowest BCUT2D eigenvalue weighted by Crippen LogP contribution is -2.32. The smallest absolute Gasteiger partial charge is 0.239 e. The minimum absolute atomic E-state index is 0.00750. The number of nitrogens with zero attached hydrogens (tertiary/aromatic N) is 3. The number of thioether (sulfide) groups is 1. The maximum atomic E-state index is 13.3. The van der Waals surface area contributed by atoms with Crippen molar-refractivity contribution in [3.05, 3.63) is 77.6 Å². The maximum Gasteiger partial charge on any atom is 0.239 e. The van der Waals surface area contributed by atoms with E-state index in [1.165, 1.54) is 28.7 Å². The average Bonchev–Trinajstić information content (AvgIpc) is 3.24. The molecule has 4 aromatic rings. The van der Waals surface area contributed by atoms with Gasteiger partial charge < -0.3 is 4.74 Å². The van der Waals surface area contributed by atoms with Gasteiger partial charge in [-0.25, -0.2) is 4.98 Å². The Kier molecular flexibility index (Phi) is 6.53. The molecule has 0 spiro atoms. The maximum absolute atomic E-state index is 13.3. The van der Waals surface area contributed by atoms with Crippen molar-refractivity contribution in [1.82, 2.24) is 9.97 Å². The van der Waals surface area contributed by atoms with Crippen molar-refractivity contribution in [3.63, 3.8) is 0 Å². The highest BCUT2D eigenvalue weighted by molar-refractivity contribution is 8.00. The van der Waals surface area contributed by atoms with E-state index in [0.29, 0.717) is 23.2 Å². The van der Waals surface area contributed by atoms with Crippen LogP contribution in [0.3, 0.4) is 0 Å². The lowest BCUT2D eigenvalue weighted by atomic mass is 10.2. The first-order chi connectivity index (χ1) is 15.0. The minimum atomic E-state index is -0.00750. The van der Waals surface area contributed by atoms with Crippen LogP contribution in [0.15, 0.2) is 65.7 Å². The number of methoxy groups -OCH3 is 1. The summed E-state index contributed by atoms with van der Waals surface area (Å²) in [5, 5.41) is 0.655. The fourth-order valence-corrected chi connectivity index (χ4v) is 4.99. The van der Waals surface area contributed by atoms with E-state index >= 15 is 0 Å². The van der Waals surface area contributed by atoms with Crippen LogP contribution in [-0.4, -0.2) is 28.7 Å². The van der Waals surface area contributed by atoms with Crippen LogP contribution in [0.25, 0.3) is 10.2 Å². The number of carbonyl (C=O) groups excluding carboxylic acids is 1. The highest BCUT2D eigenvalue weighted by Gasteiger charge is 2.22. The number of fused-ring (bicyclic) bond motifs is 1. The van der Waals surface area contributed by atoms with Crippen LogP contribution in [0.2, 0.25) is 0 Å². The molecule has 31 heavy (non-hydrogen) atoms. The van der Waals surface area contributed by atoms with E-state index in [4.69, 9.17) is 9.72 Å². The quantitative estimate of drug-likeness (QED) is 0.342. The molecule has 0 saturated heterocycles. The summed E-state index contributed by atoms with van der Waals surface area (Å²) in [6.07, 6.45) is 1.74. The molecule has 5 nitrogen and oxygen atoms in total. The molecule has 2 heterocycles. The van der Waals surface area contributed by atoms with Crippen LogP contribution in [0.5, 0.6) is 5.75 Å². The number of anilines is 1. The molecule has 0 saturated carbocycles. The van der Waals surface area contributed by atoms with E-state index in [1.54, 1.807) is 18.2 Å². The predicted molar refractivity (Wildman–Crippen MR) is 128 cm³/mol. The molecule has 0 fully saturated rings. The highest BCUT2D eigenvalue weighted by atomic mass is 32.2. The summed E-state index contributed by atoms with van der Waals surface area (Å²) in [5.74, 6) is 1.02. The van der Waals surface area contributed by atoms with Crippen molar-refractivity contribution in [1.29, 1.82) is 0 Å². The number of aromatic nitrogens is 2. The zero-order valence-electron chi connectivity index (χ0n) is 17.7. The first-order valence-electron chi connectivity index (χ1n) is 9.89. The van der Waals surface area contributed by atoms with Crippen molar-refractivity contribution in [2.24, 2.45) is 0 Å². The van der Waals surface area contributed by atoms with Gasteiger partial charge in [0.2, 0.25) is 5.91 Å². The van der Waals surface area contributed by atoms with E-state index in [1.807, 2.05) is 49.4 Å². The van der Waals surface area contributed by atoms with Crippen LogP contribution < -0.4 is 9.64 Å². The average molecular weight is 450 g/mol. The van der Waals surface area contributed by atoms with Crippen molar-refractivity contribution in [2.75, 3.05) is 17.8 Å². The topological polar surface area (TPSA) is 55.3 Å². The molecule has 0 radical (unpaired) electrons. The van der Waals surface area contributed by atoms with E-state index in [-0.39, 0.29) is 5.91 Å². The molecule has 0 atom stereocenters. The Morgan fingerprint density at radius 3 is 2.61 bits per heavy atom. The Morgan fingerprint density at radius 1 is 1.10 bits per heavy atom. The monoisotopic (exact) mass is 449 g/mol. The zero-order chi connectivity index (χ0) is 21.8. The second-order valence-corrected chi connectivity index (χ2v) is 9.19.